The smallest absolute Gasteiger partial charge is 0.238 e. The van der Waals surface area contributed by atoms with Crippen molar-refractivity contribution in [2.45, 2.75) is 27.7 Å². The molecule has 2 N–H and O–H groups in total. The molecule has 2 aromatic carbocycles. The Morgan fingerprint density at radius 2 is 1.50 bits per heavy atom. The van der Waals surface area contributed by atoms with Crippen LogP contribution in [0.3, 0.4) is 0 Å². The Balaban J connectivity index is 1.86. The summed E-state index contributed by atoms with van der Waals surface area (Å²) in [6, 6.07) is 11.6. The van der Waals surface area contributed by atoms with Gasteiger partial charge in [0.05, 0.1) is 13.1 Å². The molecule has 138 valence electrons. The van der Waals surface area contributed by atoms with Crippen molar-refractivity contribution in [2.24, 2.45) is 0 Å². The van der Waals surface area contributed by atoms with Gasteiger partial charge in [0.15, 0.2) is 0 Å². The predicted octanol–water partition coefficient (Wildman–Crippen LogP) is 3.43. The first-order valence-electron chi connectivity index (χ1n) is 8.68. The molecule has 5 heteroatoms. The number of hydrogen-bond donors (Lipinski definition) is 2. The maximum atomic E-state index is 12.2. The van der Waals surface area contributed by atoms with Crippen LogP contribution < -0.4 is 10.6 Å². The van der Waals surface area contributed by atoms with Crippen molar-refractivity contribution in [2.75, 3.05) is 30.8 Å². The average molecular weight is 353 g/mol. The third-order valence-electron chi connectivity index (χ3n) is 4.50. The fourth-order valence-corrected chi connectivity index (χ4v) is 2.64. The lowest BCUT2D eigenvalue weighted by molar-refractivity contribution is -0.119. The molecule has 0 radical (unpaired) electrons. The highest BCUT2D eigenvalue weighted by Gasteiger charge is 2.12. The van der Waals surface area contributed by atoms with Crippen LogP contribution >= 0.6 is 0 Å². The average Bonchev–Trinajstić information content (AvgIpc) is 2.55. The molecule has 2 aromatic rings. The van der Waals surface area contributed by atoms with Gasteiger partial charge in [-0.25, -0.2) is 0 Å². The standard InChI is InChI=1S/C21H27N3O2/c1-14-9-10-18(11-16(14)3)22-20(25)12-24(5)13-21(26)23-19-8-6-7-15(2)17(19)4/h6-11H,12-13H2,1-5H3,(H,22,25)(H,23,26). The first-order valence-corrected chi connectivity index (χ1v) is 8.68. The summed E-state index contributed by atoms with van der Waals surface area (Å²) in [5, 5.41) is 5.77. The second-order valence-corrected chi connectivity index (χ2v) is 6.82. The lowest BCUT2D eigenvalue weighted by Crippen LogP contribution is -2.36. The van der Waals surface area contributed by atoms with Crippen LogP contribution in [0, 0.1) is 27.7 Å². The van der Waals surface area contributed by atoms with Crippen LogP contribution in [0.15, 0.2) is 36.4 Å². The Hall–Kier alpha value is -2.66. The fraction of sp³-hybridized carbons (Fsp3) is 0.333. The quantitative estimate of drug-likeness (QED) is 0.836. The second-order valence-electron chi connectivity index (χ2n) is 6.82. The van der Waals surface area contributed by atoms with Crippen molar-refractivity contribution >= 4 is 23.2 Å². The topological polar surface area (TPSA) is 61.4 Å². The van der Waals surface area contributed by atoms with E-state index in [1.165, 1.54) is 5.56 Å². The summed E-state index contributed by atoms with van der Waals surface area (Å²) in [5.41, 5.74) is 6.07. The minimum absolute atomic E-state index is 0.139. The number of aryl methyl sites for hydroxylation is 3. The third-order valence-corrected chi connectivity index (χ3v) is 4.50. The van der Waals surface area contributed by atoms with Crippen molar-refractivity contribution in [3.05, 3.63) is 58.7 Å². The van der Waals surface area contributed by atoms with Gasteiger partial charge in [0.2, 0.25) is 11.8 Å². The van der Waals surface area contributed by atoms with Gasteiger partial charge in [0.25, 0.3) is 0 Å². The molecular weight excluding hydrogens is 326 g/mol. The summed E-state index contributed by atoms with van der Waals surface area (Å²) in [6.07, 6.45) is 0. The molecule has 0 unspecified atom stereocenters. The van der Waals surface area contributed by atoms with E-state index in [9.17, 15) is 9.59 Å². The van der Waals surface area contributed by atoms with Gasteiger partial charge in [-0.05, 0) is 75.2 Å². The number of amides is 2. The van der Waals surface area contributed by atoms with Crippen LogP contribution in [0.1, 0.15) is 22.3 Å². The Kier molecular flexibility index (Phi) is 6.52. The zero-order valence-electron chi connectivity index (χ0n) is 16.1. The number of rotatable bonds is 6. The molecular formula is C21H27N3O2. The van der Waals surface area contributed by atoms with Crippen molar-refractivity contribution in [3.63, 3.8) is 0 Å². The van der Waals surface area contributed by atoms with Crippen molar-refractivity contribution in [1.82, 2.24) is 4.90 Å². The first-order chi connectivity index (χ1) is 12.3. The number of likely N-dealkylation sites (N-methyl/N-ethyl adjacent to an activating group) is 1. The highest BCUT2D eigenvalue weighted by atomic mass is 16.2. The zero-order chi connectivity index (χ0) is 19.3. The van der Waals surface area contributed by atoms with E-state index >= 15 is 0 Å². The van der Waals surface area contributed by atoms with Gasteiger partial charge in [0.1, 0.15) is 0 Å². The molecule has 0 aliphatic carbocycles. The van der Waals surface area contributed by atoms with E-state index in [0.29, 0.717) is 0 Å². The highest BCUT2D eigenvalue weighted by molar-refractivity contribution is 5.95. The van der Waals surface area contributed by atoms with Crippen LogP contribution in [0.25, 0.3) is 0 Å². The van der Waals surface area contributed by atoms with E-state index in [1.807, 2.05) is 64.1 Å². The molecule has 5 nitrogen and oxygen atoms in total. The molecule has 0 heterocycles. The number of carbonyl (C=O) groups excluding carboxylic acids is 2. The zero-order valence-corrected chi connectivity index (χ0v) is 16.1. The van der Waals surface area contributed by atoms with Crippen molar-refractivity contribution in [3.8, 4) is 0 Å². The second kappa shape index (κ2) is 8.63. The Bertz CT molecular complexity index is 815. The molecule has 0 fully saturated rings. The van der Waals surface area contributed by atoms with E-state index in [1.54, 1.807) is 11.9 Å². The highest BCUT2D eigenvalue weighted by Crippen LogP contribution is 2.18. The van der Waals surface area contributed by atoms with E-state index in [-0.39, 0.29) is 24.9 Å². The van der Waals surface area contributed by atoms with Gasteiger partial charge < -0.3 is 10.6 Å². The number of benzene rings is 2. The first kappa shape index (κ1) is 19.7. The maximum absolute atomic E-state index is 12.2. The summed E-state index contributed by atoms with van der Waals surface area (Å²) in [6.45, 7) is 8.32. The Morgan fingerprint density at radius 1 is 0.846 bits per heavy atom. The van der Waals surface area contributed by atoms with Gasteiger partial charge >= 0.3 is 0 Å². The van der Waals surface area contributed by atoms with Gasteiger partial charge in [-0.15, -0.1) is 0 Å². The molecule has 0 saturated heterocycles. The summed E-state index contributed by atoms with van der Waals surface area (Å²) in [5.74, 6) is -0.282. The van der Waals surface area contributed by atoms with Gasteiger partial charge in [-0.3, -0.25) is 14.5 Å². The van der Waals surface area contributed by atoms with Crippen LogP contribution in [-0.2, 0) is 9.59 Å². The van der Waals surface area contributed by atoms with Crippen LogP contribution in [-0.4, -0.2) is 36.9 Å². The molecule has 0 spiro atoms. The molecule has 2 rings (SSSR count). The maximum Gasteiger partial charge on any atom is 0.238 e. The van der Waals surface area contributed by atoms with Crippen molar-refractivity contribution in [1.29, 1.82) is 0 Å². The lowest BCUT2D eigenvalue weighted by atomic mass is 10.1. The van der Waals surface area contributed by atoms with Crippen LogP contribution in [0.4, 0.5) is 11.4 Å². The number of carbonyl (C=O) groups is 2. The van der Waals surface area contributed by atoms with E-state index in [2.05, 4.69) is 10.6 Å². The largest absolute Gasteiger partial charge is 0.325 e. The summed E-state index contributed by atoms with van der Waals surface area (Å²) >= 11 is 0. The molecule has 26 heavy (non-hydrogen) atoms. The predicted molar refractivity (Wildman–Crippen MR) is 107 cm³/mol. The van der Waals surface area contributed by atoms with Crippen molar-refractivity contribution < 1.29 is 9.59 Å². The molecule has 0 aliphatic heterocycles. The van der Waals surface area contributed by atoms with Gasteiger partial charge in [0, 0.05) is 11.4 Å². The van der Waals surface area contributed by atoms with Gasteiger partial charge in [-0.2, -0.15) is 0 Å². The van der Waals surface area contributed by atoms with Gasteiger partial charge in [-0.1, -0.05) is 18.2 Å². The number of nitrogens with zero attached hydrogens (tertiary/aromatic N) is 1. The fourth-order valence-electron chi connectivity index (χ4n) is 2.64. The number of nitrogens with one attached hydrogen (secondary N) is 2. The molecule has 2 amide bonds. The number of anilines is 2. The third kappa shape index (κ3) is 5.43. The van der Waals surface area contributed by atoms with Crippen LogP contribution in [0.2, 0.25) is 0 Å². The van der Waals surface area contributed by atoms with Crippen LogP contribution in [0.5, 0.6) is 0 Å². The molecule has 0 aliphatic rings. The summed E-state index contributed by atoms with van der Waals surface area (Å²) in [7, 11) is 1.75. The number of hydrogen-bond acceptors (Lipinski definition) is 3. The van der Waals surface area contributed by atoms with E-state index in [0.717, 1.165) is 28.1 Å². The Labute approximate surface area is 155 Å². The van der Waals surface area contributed by atoms with E-state index < -0.39 is 0 Å². The lowest BCUT2D eigenvalue weighted by Gasteiger charge is -2.17. The normalized spacial score (nSPS) is 10.7. The molecule has 0 atom stereocenters. The molecule has 0 saturated carbocycles. The minimum atomic E-state index is -0.143. The van der Waals surface area contributed by atoms with E-state index in [4.69, 9.17) is 0 Å². The monoisotopic (exact) mass is 353 g/mol. The SMILES string of the molecule is Cc1ccc(NC(=O)CN(C)CC(=O)Nc2cccc(C)c2C)cc1C. The molecule has 0 bridgehead atoms. The summed E-state index contributed by atoms with van der Waals surface area (Å²) in [4.78, 5) is 26.1. The molecule has 0 aromatic heterocycles. The summed E-state index contributed by atoms with van der Waals surface area (Å²) < 4.78 is 0. The Morgan fingerprint density at radius 3 is 2.15 bits per heavy atom. The minimum Gasteiger partial charge on any atom is -0.325 e.